The first kappa shape index (κ1) is 44.5. The molecule has 5 aliphatic rings. The van der Waals surface area contributed by atoms with Gasteiger partial charge < -0.3 is 19.7 Å². The van der Waals surface area contributed by atoms with E-state index in [1.807, 2.05) is 27.8 Å². The van der Waals surface area contributed by atoms with Gasteiger partial charge in [-0.2, -0.15) is 20.6 Å². The Labute approximate surface area is 383 Å². The summed E-state index contributed by atoms with van der Waals surface area (Å²) in [5.74, 6) is 5.46. The number of aromatic nitrogens is 7. The minimum Gasteiger partial charge on any atom is -0.373 e. The van der Waals surface area contributed by atoms with Crippen molar-refractivity contribution in [3.05, 3.63) is 65.4 Å². The summed E-state index contributed by atoms with van der Waals surface area (Å²) in [7, 11) is 0. The van der Waals surface area contributed by atoms with Gasteiger partial charge in [-0.1, -0.05) is 24.0 Å². The van der Waals surface area contributed by atoms with E-state index in [0.29, 0.717) is 69.4 Å². The lowest BCUT2D eigenvalue weighted by Gasteiger charge is -2.38. The first-order chi connectivity index (χ1) is 32.6. The molecule has 17 nitrogen and oxygen atoms in total. The van der Waals surface area contributed by atoms with Crippen molar-refractivity contribution in [1.82, 2.24) is 44.4 Å². The molecule has 0 radical (unpaired) electrons. The number of likely N-dealkylation sites (tertiary alicyclic amines) is 1. The molecule has 350 valence electrons. The Hall–Kier alpha value is -6.35. The number of fused-ring (bicyclic) bond motifs is 2. The van der Waals surface area contributed by atoms with Crippen LogP contribution in [0.3, 0.4) is 0 Å². The number of nitrogens with zero attached hydrogens (tertiary/aromatic N) is 10. The Balaban J connectivity index is 0.712. The number of anilines is 2. The van der Waals surface area contributed by atoms with Gasteiger partial charge in [0.25, 0.3) is 12.3 Å². The van der Waals surface area contributed by atoms with Crippen LogP contribution in [-0.2, 0) is 19.1 Å². The summed E-state index contributed by atoms with van der Waals surface area (Å²) in [5.41, 5.74) is 2.08. The number of carbonyl (C=O) groups is 3. The Morgan fingerprint density at radius 2 is 1.87 bits per heavy atom. The SMILES string of the molecule is N#CCC1CN(c2ccn3ncc(C(=O)Nc4cn(C5CCC(CN6CC[C@@H](OCC#Cc7cccc8c(C9CCC(=O)NC9=O)nn(C9CC9)c78)[C@@H](F)C6)CC5)nc4C(F)F)c3n2)CCO1. The lowest BCUT2D eigenvalue weighted by molar-refractivity contribution is -0.134. The van der Waals surface area contributed by atoms with Gasteiger partial charge in [0.1, 0.15) is 24.2 Å². The lowest BCUT2D eigenvalue weighted by Crippen LogP contribution is -2.47. The van der Waals surface area contributed by atoms with E-state index in [4.69, 9.17) is 19.8 Å². The first-order valence-corrected chi connectivity index (χ1v) is 23.2. The summed E-state index contributed by atoms with van der Waals surface area (Å²) in [4.78, 5) is 46.9. The van der Waals surface area contributed by atoms with Crippen LogP contribution in [0, 0.1) is 29.1 Å². The highest BCUT2D eigenvalue weighted by molar-refractivity contribution is 6.08. The molecular weight excluding hydrogens is 870 g/mol. The van der Waals surface area contributed by atoms with Gasteiger partial charge in [-0.3, -0.25) is 34.0 Å². The Morgan fingerprint density at radius 3 is 2.64 bits per heavy atom. The van der Waals surface area contributed by atoms with Crippen molar-refractivity contribution in [2.24, 2.45) is 5.92 Å². The van der Waals surface area contributed by atoms with Crippen LogP contribution in [0.25, 0.3) is 16.6 Å². The number of piperidine rings is 2. The van der Waals surface area contributed by atoms with Crippen molar-refractivity contribution >= 4 is 45.8 Å². The van der Waals surface area contributed by atoms with E-state index < -0.39 is 36.2 Å². The summed E-state index contributed by atoms with van der Waals surface area (Å²) in [6, 6.07) is 9.75. The van der Waals surface area contributed by atoms with Crippen molar-refractivity contribution in [3.8, 4) is 17.9 Å². The molecule has 0 spiro atoms. The number of nitrogens with one attached hydrogen (secondary N) is 2. The third-order valence-electron chi connectivity index (χ3n) is 13.7. The second-order valence-electron chi connectivity index (χ2n) is 18.2. The van der Waals surface area contributed by atoms with E-state index in [2.05, 4.69) is 48.6 Å². The van der Waals surface area contributed by atoms with Gasteiger partial charge in [0.2, 0.25) is 11.8 Å². The predicted molar refractivity (Wildman–Crippen MR) is 237 cm³/mol. The van der Waals surface area contributed by atoms with Gasteiger partial charge in [-0.15, -0.1) is 0 Å². The Kier molecular flexibility index (Phi) is 12.7. The molecule has 0 bridgehead atoms. The van der Waals surface area contributed by atoms with Crippen LogP contribution in [-0.4, -0.2) is 121 Å². The van der Waals surface area contributed by atoms with Gasteiger partial charge in [-0.05, 0) is 69.4 Å². The number of rotatable bonds is 12. The van der Waals surface area contributed by atoms with Crippen LogP contribution in [0.15, 0.2) is 42.9 Å². The maximum Gasteiger partial charge on any atom is 0.284 e. The number of benzene rings is 1. The van der Waals surface area contributed by atoms with Gasteiger partial charge >= 0.3 is 0 Å². The second kappa shape index (κ2) is 19.1. The molecule has 2 N–H and O–H groups in total. The number of amides is 3. The minimum absolute atomic E-state index is 0.0647. The zero-order valence-electron chi connectivity index (χ0n) is 36.8. The van der Waals surface area contributed by atoms with Gasteiger partial charge in [0, 0.05) is 56.9 Å². The summed E-state index contributed by atoms with van der Waals surface area (Å²) < 4.78 is 60.8. The lowest BCUT2D eigenvalue weighted by atomic mass is 9.85. The number of alkyl halides is 3. The number of carbonyl (C=O) groups excluding carboxylic acids is 3. The maximum atomic E-state index is 15.6. The van der Waals surface area contributed by atoms with Crippen molar-refractivity contribution in [3.63, 3.8) is 0 Å². The molecule has 7 heterocycles. The molecule has 4 atom stereocenters. The maximum absolute atomic E-state index is 15.6. The van der Waals surface area contributed by atoms with E-state index in [1.165, 1.54) is 16.9 Å². The molecule has 1 aromatic carbocycles. The third kappa shape index (κ3) is 9.47. The highest BCUT2D eigenvalue weighted by atomic mass is 19.3. The molecule has 5 fully saturated rings. The molecule has 10 rings (SSSR count). The fraction of sp³-hybridized carbons (Fsp3) is 0.532. The van der Waals surface area contributed by atoms with Gasteiger partial charge in [0.15, 0.2) is 11.3 Å². The molecule has 67 heavy (non-hydrogen) atoms. The fourth-order valence-electron chi connectivity index (χ4n) is 10.0. The smallest absolute Gasteiger partial charge is 0.284 e. The van der Waals surface area contributed by atoms with Crippen LogP contribution in [0.5, 0.6) is 0 Å². The number of nitriles is 1. The molecule has 2 unspecified atom stereocenters. The normalized spacial score (nSPS) is 25.0. The molecule has 2 saturated carbocycles. The van der Waals surface area contributed by atoms with Gasteiger partial charge in [0.05, 0.1) is 78.0 Å². The number of morpholine rings is 1. The van der Waals surface area contributed by atoms with E-state index in [-0.39, 0.29) is 72.9 Å². The van der Waals surface area contributed by atoms with E-state index in [0.717, 1.165) is 48.7 Å². The topological polar surface area (TPSA) is 190 Å². The number of imide groups is 1. The monoisotopic (exact) mass is 920 g/mol. The predicted octanol–water partition coefficient (Wildman–Crippen LogP) is 5.65. The minimum atomic E-state index is -2.92. The summed E-state index contributed by atoms with van der Waals surface area (Å²) in [6.07, 6.45) is 6.03. The van der Waals surface area contributed by atoms with Crippen LogP contribution < -0.4 is 15.5 Å². The Morgan fingerprint density at radius 1 is 1.03 bits per heavy atom. The fourth-order valence-corrected chi connectivity index (χ4v) is 10.0. The molecule has 4 aromatic heterocycles. The number of ether oxygens (including phenoxy) is 2. The second-order valence-corrected chi connectivity index (χ2v) is 18.2. The Bertz CT molecular complexity index is 2780. The zero-order valence-corrected chi connectivity index (χ0v) is 36.8. The van der Waals surface area contributed by atoms with E-state index in [9.17, 15) is 23.2 Å². The summed E-state index contributed by atoms with van der Waals surface area (Å²) >= 11 is 0. The number of para-hydroxylation sites is 1. The van der Waals surface area contributed by atoms with E-state index in [1.54, 1.807) is 16.9 Å². The van der Waals surface area contributed by atoms with Crippen LogP contribution in [0.1, 0.15) is 116 Å². The molecular formula is C47H51F3N12O5. The molecule has 3 amide bonds. The average Bonchev–Trinajstić information content (AvgIpc) is 3.75. The summed E-state index contributed by atoms with van der Waals surface area (Å²) in [6.45, 7) is 3.17. The molecule has 20 heteroatoms. The van der Waals surface area contributed by atoms with Gasteiger partial charge in [-0.25, -0.2) is 22.7 Å². The molecule has 5 aromatic rings. The van der Waals surface area contributed by atoms with E-state index >= 15 is 4.39 Å². The van der Waals surface area contributed by atoms with Crippen LogP contribution in [0.4, 0.5) is 24.7 Å². The van der Waals surface area contributed by atoms with Crippen molar-refractivity contribution in [2.45, 2.75) is 107 Å². The zero-order chi connectivity index (χ0) is 46.2. The first-order valence-electron chi connectivity index (χ1n) is 23.2. The molecule has 3 aliphatic heterocycles. The third-order valence-corrected chi connectivity index (χ3v) is 13.7. The van der Waals surface area contributed by atoms with Crippen LogP contribution >= 0.6 is 0 Å². The number of hydrogen-bond acceptors (Lipinski definition) is 12. The quantitative estimate of drug-likeness (QED) is 0.116. The highest BCUT2D eigenvalue weighted by Gasteiger charge is 2.36. The summed E-state index contributed by atoms with van der Waals surface area (Å²) in [5, 5.41) is 28.4. The highest BCUT2D eigenvalue weighted by Crippen LogP contribution is 2.41. The number of hydrogen-bond donors (Lipinski definition) is 2. The number of halogens is 3. The van der Waals surface area contributed by atoms with Crippen molar-refractivity contribution < 1.29 is 37.0 Å². The molecule has 3 saturated heterocycles. The average molecular weight is 921 g/mol. The largest absolute Gasteiger partial charge is 0.373 e. The van der Waals surface area contributed by atoms with Crippen LogP contribution in [0.2, 0.25) is 0 Å². The standard InChI is InChI=1S/C47H51F3N12O5/c48-36-26-58(18-15-38(36)67-21-2-4-29-3-1-5-33-41(34-12-13-40(63)55-46(34)64)57-62(43(29)33)31-10-11-31)24-28-6-8-30(9-7-28)61-27-37(42(56-61)44(49)50)53-47(65)35-23-52-60-19-16-39(54-45(35)60)59-20-22-66-32(25-59)14-17-51/h1,3,5,16,19,23,27-28,30-32,34,36,38,44H,6-15,18,20-22,24-26H2,(H,53,65)(H,55,63,64)/t28?,30?,32?,34?,36-,38+/m0/s1. The van der Waals surface area contributed by atoms with Crippen molar-refractivity contribution in [2.75, 3.05) is 56.2 Å². The van der Waals surface area contributed by atoms with Crippen molar-refractivity contribution in [1.29, 1.82) is 5.26 Å². The molecule has 2 aliphatic carbocycles.